The summed E-state index contributed by atoms with van der Waals surface area (Å²) in [5, 5.41) is 72.3. The zero-order valence-corrected chi connectivity index (χ0v) is 44.5. The van der Waals surface area contributed by atoms with E-state index in [1.807, 2.05) is 0 Å². The fourth-order valence-electron chi connectivity index (χ4n) is 9.00. The van der Waals surface area contributed by atoms with E-state index in [4.69, 9.17) is 28.4 Å². The second-order valence-electron chi connectivity index (χ2n) is 20.1. The van der Waals surface area contributed by atoms with Crippen molar-refractivity contribution in [2.45, 2.75) is 287 Å². The third kappa shape index (κ3) is 31.6. The normalized spacial score (nSPS) is 25.5. The van der Waals surface area contributed by atoms with E-state index in [2.05, 4.69) is 50.3 Å². The predicted octanol–water partition coefficient (Wildman–Crippen LogP) is 9.75. The molecule has 416 valence electrons. The summed E-state index contributed by atoms with van der Waals surface area (Å²) in [4.78, 5) is 13.1. The number of esters is 1. The van der Waals surface area contributed by atoms with Crippen LogP contribution in [0, 0.1) is 0 Å². The fraction of sp³-hybridized carbons (Fsp3) is 0.877. The van der Waals surface area contributed by atoms with Crippen LogP contribution in [0.15, 0.2) is 36.5 Å². The minimum absolute atomic E-state index is 0.0591. The van der Waals surface area contributed by atoms with Gasteiger partial charge in [0, 0.05) is 13.0 Å². The Bertz CT molecular complexity index is 1310. The summed E-state index contributed by atoms with van der Waals surface area (Å²) in [6.07, 6.45) is 34.8. The van der Waals surface area contributed by atoms with Crippen molar-refractivity contribution < 1.29 is 69.0 Å². The van der Waals surface area contributed by atoms with Crippen molar-refractivity contribution >= 4 is 5.97 Å². The van der Waals surface area contributed by atoms with Gasteiger partial charge in [-0.2, -0.15) is 0 Å². The molecule has 2 heterocycles. The summed E-state index contributed by atoms with van der Waals surface area (Å²) >= 11 is 0. The molecule has 2 fully saturated rings. The molecular weight excluding hydrogens is 909 g/mol. The van der Waals surface area contributed by atoms with E-state index < -0.39 is 80.7 Å². The Morgan fingerprint density at radius 3 is 1.39 bits per heavy atom. The number of carbonyl (C=O) groups is 1. The van der Waals surface area contributed by atoms with Gasteiger partial charge >= 0.3 is 5.97 Å². The number of carbonyl (C=O) groups excluding carboxylic acids is 1. The monoisotopic (exact) mass is 1010 g/mol. The van der Waals surface area contributed by atoms with E-state index in [0.29, 0.717) is 13.0 Å². The van der Waals surface area contributed by atoms with Crippen molar-refractivity contribution in [1.82, 2.24) is 0 Å². The molecule has 0 aliphatic carbocycles. The molecule has 11 unspecified atom stereocenters. The van der Waals surface area contributed by atoms with Crippen molar-refractivity contribution in [1.29, 1.82) is 0 Å². The van der Waals surface area contributed by atoms with Gasteiger partial charge in [0.1, 0.15) is 54.9 Å². The molecule has 0 amide bonds. The Morgan fingerprint density at radius 2 is 0.873 bits per heavy atom. The zero-order chi connectivity index (χ0) is 51.6. The first-order chi connectivity index (χ1) is 34.6. The Labute approximate surface area is 429 Å². The molecule has 2 aliphatic rings. The summed E-state index contributed by atoms with van der Waals surface area (Å²) in [7, 11) is 0. The van der Waals surface area contributed by atoms with E-state index >= 15 is 0 Å². The largest absolute Gasteiger partial charge is 0.457 e. The average molecular weight is 1010 g/mol. The molecule has 11 atom stereocenters. The molecule has 14 nitrogen and oxygen atoms in total. The van der Waals surface area contributed by atoms with Gasteiger partial charge in [0.05, 0.1) is 26.4 Å². The highest BCUT2D eigenvalue weighted by atomic mass is 16.7. The number of ether oxygens (including phenoxy) is 6. The summed E-state index contributed by atoms with van der Waals surface area (Å²) in [6.45, 7) is 3.68. The average Bonchev–Trinajstić information content (AvgIpc) is 3.37. The molecular formula is C57H104O14. The van der Waals surface area contributed by atoms with Gasteiger partial charge in [0.15, 0.2) is 12.6 Å². The maximum absolute atomic E-state index is 13.1. The van der Waals surface area contributed by atoms with Crippen LogP contribution in [0.1, 0.15) is 219 Å². The number of hydrogen-bond donors (Lipinski definition) is 7. The molecule has 71 heavy (non-hydrogen) atoms. The molecule has 0 aromatic heterocycles. The van der Waals surface area contributed by atoms with Crippen LogP contribution in [0.25, 0.3) is 0 Å². The van der Waals surface area contributed by atoms with Gasteiger partial charge in [-0.1, -0.05) is 198 Å². The second-order valence-corrected chi connectivity index (χ2v) is 20.1. The SMILES string of the molecule is CCCCC/C=C\C/C=C\C/C=C\CCCCCCCCC(=O)OC(COCCCCCCCCCCCCCCCCCCCC)COC1OC(COC2OC(CO)C(O)C(O)C2O)C(O)C(O)C1O. The zero-order valence-electron chi connectivity index (χ0n) is 44.5. The molecule has 0 saturated carbocycles. The molecule has 2 rings (SSSR count). The lowest BCUT2D eigenvalue weighted by Crippen LogP contribution is -2.61. The minimum Gasteiger partial charge on any atom is -0.457 e. The first kappa shape index (κ1) is 65.3. The van der Waals surface area contributed by atoms with Crippen LogP contribution in [-0.4, -0.2) is 142 Å². The van der Waals surface area contributed by atoms with Crippen molar-refractivity contribution in [2.75, 3.05) is 33.0 Å². The highest BCUT2D eigenvalue weighted by Crippen LogP contribution is 2.27. The lowest BCUT2D eigenvalue weighted by atomic mass is 9.98. The van der Waals surface area contributed by atoms with Gasteiger partial charge < -0.3 is 64.2 Å². The van der Waals surface area contributed by atoms with E-state index in [1.165, 1.54) is 122 Å². The Morgan fingerprint density at radius 1 is 0.465 bits per heavy atom. The van der Waals surface area contributed by atoms with Gasteiger partial charge in [0.2, 0.25) is 0 Å². The lowest BCUT2D eigenvalue weighted by Gasteiger charge is -2.42. The highest BCUT2D eigenvalue weighted by Gasteiger charge is 2.47. The van der Waals surface area contributed by atoms with Crippen molar-refractivity contribution in [3.05, 3.63) is 36.5 Å². The van der Waals surface area contributed by atoms with E-state index in [-0.39, 0.29) is 25.6 Å². The van der Waals surface area contributed by atoms with Crippen molar-refractivity contribution in [2.24, 2.45) is 0 Å². The number of allylic oxidation sites excluding steroid dienone is 6. The highest BCUT2D eigenvalue weighted by molar-refractivity contribution is 5.69. The van der Waals surface area contributed by atoms with Crippen LogP contribution in [0.4, 0.5) is 0 Å². The van der Waals surface area contributed by atoms with Gasteiger partial charge in [-0.25, -0.2) is 0 Å². The molecule has 0 aromatic carbocycles. The Hall–Kier alpha value is -1.79. The fourth-order valence-corrected chi connectivity index (χ4v) is 9.00. The van der Waals surface area contributed by atoms with E-state index in [9.17, 15) is 40.5 Å². The topological polar surface area (TPSA) is 214 Å². The molecule has 0 bridgehead atoms. The minimum atomic E-state index is -1.71. The number of aliphatic hydroxyl groups is 7. The first-order valence-electron chi connectivity index (χ1n) is 28.6. The summed E-state index contributed by atoms with van der Waals surface area (Å²) in [5.41, 5.74) is 0. The second kappa shape index (κ2) is 44.5. The standard InChI is InChI=1S/C57H104O14/c1-3-5-7-9-11-13-15-17-19-21-23-24-26-28-30-32-34-36-38-40-49(59)69-46(43-66-41-39-37-35-33-31-29-27-25-22-20-18-16-14-12-10-8-6-4-2)44-67-56-55(65)53(63)51(61)48(71-56)45-68-57-54(64)52(62)50(60)47(42-58)70-57/h11,13,17,19,23-24,46-48,50-58,60-65H,3-10,12,14-16,18,20-22,25-45H2,1-2H3/b13-11-,19-17-,24-23-. The molecule has 0 radical (unpaired) electrons. The smallest absolute Gasteiger partial charge is 0.306 e. The number of unbranched alkanes of at least 4 members (excludes halogenated alkanes) is 26. The van der Waals surface area contributed by atoms with Crippen LogP contribution in [0.2, 0.25) is 0 Å². The summed E-state index contributed by atoms with van der Waals surface area (Å²) in [5.74, 6) is -0.385. The van der Waals surface area contributed by atoms with E-state index in [0.717, 1.165) is 70.6 Å². The number of aliphatic hydroxyl groups excluding tert-OH is 7. The molecule has 0 aromatic rings. The molecule has 2 aliphatic heterocycles. The Kier molecular flexibility index (Phi) is 40.9. The van der Waals surface area contributed by atoms with Crippen LogP contribution in [0.3, 0.4) is 0 Å². The molecule has 7 N–H and O–H groups in total. The van der Waals surface area contributed by atoms with Crippen molar-refractivity contribution in [3.63, 3.8) is 0 Å². The third-order valence-electron chi connectivity index (χ3n) is 13.7. The molecule has 14 heteroatoms. The molecule has 2 saturated heterocycles. The van der Waals surface area contributed by atoms with Crippen LogP contribution < -0.4 is 0 Å². The Balaban J connectivity index is 1.73. The van der Waals surface area contributed by atoms with Gasteiger partial charge in [-0.15, -0.1) is 0 Å². The summed E-state index contributed by atoms with van der Waals surface area (Å²) in [6, 6.07) is 0. The predicted molar refractivity (Wildman–Crippen MR) is 280 cm³/mol. The first-order valence-corrected chi connectivity index (χ1v) is 28.6. The maximum Gasteiger partial charge on any atom is 0.306 e. The van der Waals surface area contributed by atoms with Crippen molar-refractivity contribution in [3.8, 4) is 0 Å². The summed E-state index contributed by atoms with van der Waals surface area (Å²) < 4.78 is 34.4. The van der Waals surface area contributed by atoms with E-state index in [1.54, 1.807) is 0 Å². The number of hydrogen-bond acceptors (Lipinski definition) is 14. The maximum atomic E-state index is 13.1. The van der Waals surface area contributed by atoms with Gasteiger partial charge in [0.25, 0.3) is 0 Å². The van der Waals surface area contributed by atoms with Gasteiger partial charge in [-0.3, -0.25) is 4.79 Å². The third-order valence-corrected chi connectivity index (χ3v) is 13.7. The van der Waals surface area contributed by atoms with Crippen LogP contribution >= 0.6 is 0 Å². The van der Waals surface area contributed by atoms with Gasteiger partial charge in [-0.05, 0) is 51.4 Å². The number of rotatable bonds is 46. The lowest BCUT2D eigenvalue weighted by molar-refractivity contribution is -0.332. The molecule has 0 spiro atoms. The quantitative estimate of drug-likeness (QED) is 0.0172. The van der Waals surface area contributed by atoms with Crippen LogP contribution in [0.5, 0.6) is 0 Å². The van der Waals surface area contributed by atoms with Crippen LogP contribution in [-0.2, 0) is 33.2 Å².